The second-order valence-electron chi connectivity index (χ2n) is 10.4. The SMILES string of the molecule is COC(=O)CC1COc2cc(O[C@@H]3CCc4c(-c5c(C)cc(S(=O)(=O)CCCO)cc5C)ccc(F)c43)ccc21. The lowest BCUT2D eigenvalue weighted by atomic mass is 9.90. The minimum atomic E-state index is -3.52. The summed E-state index contributed by atoms with van der Waals surface area (Å²) in [5, 5.41) is 9.07. The molecule has 212 valence electrons. The summed E-state index contributed by atoms with van der Waals surface area (Å²) in [6, 6.07) is 12.0. The fraction of sp³-hybridized carbons (Fsp3) is 0.387. The van der Waals surface area contributed by atoms with Gasteiger partial charge in [0.15, 0.2) is 9.84 Å². The smallest absolute Gasteiger partial charge is 0.306 e. The molecule has 1 aliphatic heterocycles. The molecule has 1 aliphatic carbocycles. The number of hydrogen-bond donors (Lipinski definition) is 1. The molecule has 7 nitrogen and oxygen atoms in total. The average Bonchev–Trinajstić information content (AvgIpc) is 3.53. The first kappa shape index (κ1) is 28.1. The number of sulfone groups is 1. The number of ether oxygens (including phenoxy) is 3. The van der Waals surface area contributed by atoms with Gasteiger partial charge in [0.25, 0.3) is 0 Å². The van der Waals surface area contributed by atoms with Gasteiger partial charge in [0.1, 0.15) is 23.4 Å². The summed E-state index contributed by atoms with van der Waals surface area (Å²) >= 11 is 0. The molecule has 9 heteroatoms. The van der Waals surface area contributed by atoms with Crippen LogP contribution in [0.1, 0.15) is 59.1 Å². The van der Waals surface area contributed by atoms with Crippen molar-refractivity contribution in [3.8, 4) is 22.6 Å². The summed E-state index contributed by atoms with van der Waals surface area (Å²) in [5.74, 6) is 0.386. The van der Waals surface area contributed by atoms with Crippen molar-refractivity contribution < 1.29 is 36.9 Å². The molecular formula is C31H33FO7S. The Kier molecular flexibility index (Phi) is 7.88. The van der Waals surface area contributed by atoms with E-state index in [4.69, 9.17) is 19.3 Å². The van der Waals surface area contributed by atoms with E-state index in [0.717, 1.165) is 33.4 Å². The Bertz CT molecular complexity index is 1540. The lowest BCUT2D eigenvalue weighted by molar-refractivity contribution is -0.141. The predicted octanol–water partition coefficient (Wildman–Crippen LogP) is 5.37. The Balaban J connectivity index is 1.43. The number of carbonyl (C=O) groups is 1. The van der Waals surface area contributed by atoms with Gasteiger partial charge in [-0.1, -0.05) is 12.1 Å². The van der Waals surface area contributed by atoms with Crippen molar-refractivity contribution in [1.29, 1.82) is 0 Å². The van der Waals surface area contributed by atoms with Crippen LogP contribution >= 0.6 is 0 Å². The Morgan fingerprint density at radius 1 is 1.12 bits per heavy atom. The van der Waals surface area contributed by atoms with Crippen LogP contribution in [-0.2, 0) is 25.8 Å². The van der Waals surface area contributed by atoms with E-state index in [1.54, 1.807) is 24.3 Å². The molecule has 0 bridgehead atoms. The van der Waals surface area contributed by atoms with Crippen LogP contribution < -0.4 is 9.47 Å². The van der Waals surface area contributed by atoms with E-state index in [2.05, 4.69) is 0 Å². The third-order valence-electron chi connectivity index (χ3n) is 7.77. The zero-order valence-corrected chi connectivity index (χ0v) is 23.6. The van der Waals surface area contributed by atoms with Crippen molar-refractivity contribution in [1.82, 2.24) is 0 Å². The summed E-state index contributed by atoms with van der Waals surface area (Å²) < 4.78 is 57.6. The second-order valence-corrected chi connectivity index (χ2v) is 12.6. The number of halogens is 1. The molecule has 0 radical (unpaired) electrons. The van der Waals surface area contributed by atoms with Gasteiger partial charge in [-0.05, 0) is 85.2 Å². The van der Waals surface area contributed by atoms with Gasteiger partial charge < -0.3 is 19.3 Å². The van der Waals surface area contributed by atoms with Gasteiger partial charge in [-0.2, -0.15) is 0 Å². The highest BCUT2D eigenvalue weighted by Gasteiger charge is 2.32. The van der Waals surface area contributed by atoms with E-state index in [1.807, 2.05) is 26.0 Å². The van der Waals surface area contributed by atoms with Gasteiger partial charge >= 0.3 is 5.97 Å². The maximum atomic E-state index is 15.3. The fourth-order valence-corrected chi connectivity index (χ4v) is 7.33. The number of esters is 1. The van der Waals surface area contributed by atoms with Crippen LogP contribution in [0.4, 0.5) is 4.39 Å². The Morgan fingerprint density at radius 2 is 1.88 bits per heavy atom. The minimum absolute atomic E-state index is 0.0776. The Hall–Kier alpha value is -3.43. The molecule has 3 aromatic carbocycles. The Labute approximate surface area is 233 Å². The molecule has 0 saturated carbocycles. The van der Waals surface area contributed by atoms with Gasteiger partial charge in [0, 0.05) is 29.7 Å². The zero-order chi connectivity index (χ0) is 28.6. The number of aliphatic hydroxyl groups is 1. The van der Waals surface area contributed by atoms with Crippen LogP contribution in [0.25, 0.3) is 11.1 Å². The third-order valence-corrected chi connectivity index (χ3v) is 9.55. The van der Waals surface area contributed by atoms with Crippen LogP contribution in [0.3, 0.4) is 0 Å². The summed E-state index contributed by atoms with van der Waals surface area (Å²) in [6.45, 7) is 3.93. The summed E-state index contributed by atoms with van der Waals surface area (Å²) in [7, 11) is -2.15. The van der Waals surface area contributed by atoms with E-state index in [0.29, 0.717) is 36.5 Å². The molecule has 0 aromatic heterocycles. The highest BCUT2D eigenvalue weighted by atomic mass is 32.2. The molecule has 3 aromatic rings. The molecule has 1 unspecified atom stereocenters. The third kappa shape index (κ3) is 5.32. The van der Waals surface area contributed by atoms with Crippen LogP contribution in [0.15, 0.2) is 47.4 Å². The van der Waals surface area contributed by atoms with Crippen LogP contribution in [0.2, 0.25) is 0 Å². The van der Waals surface area contributed by atoms with Crippen molar-refractivity contribution in [2.45, 2.75) is 56.4 Å². The van der Waals surface area contributed by atoms with Gasteiger partial charge in [-0.15, -0.1) is 0 Å². The van der Waals surface area contributed by atoms with Crippen molar-refractivity contribution in [3.63, 3.8) is 0 Å². The molecule has 5 rings (SSSR count). The predicted molar refractivity (Wildman–Crippen MR) is 148 cm³/mol. The zero-order valence-electron chi connectivity index (χ0n) is 22.8. The molecule has 1 N–H and O–H groups in total. The lowest BCUT2D eigenvalue weighted by Crippen LogP contribution is -2.10. The number of fused-ring (bicyclic) bond motifs is 2. The number of hydrogen-bond acceptors (Lipinski definition) is 7. The summed E-state index contributed by atoms with van der Waals surface area (Å²) in [6.07, 6.45) is 1.14. The fourth-order valence-electron chi connectivity index (χ4n) is 5.87. The first-order valence-electron chi connectivity index (χ1n) is 13.4. The van der Waals surface area contributed by atoms with E-state index >= 15 is 4.39 Å². The highest BCUT2D eigenvalue weighted by molar-refractivity contribution is 7.91. The van der Waals surface area contributed by atoms with Gasteiger partial charge in [-0.3, -0.25) is 4.79 Å². The van der Waals surface area contributed by atoms with Crippen LogP contribution in [0, 0.1) is 19.7 Å². The molecule has 0 spiro atoms. The lowest BCUT2D eigenvalue weighted by Gasteiger charge is -2.19. The van der Waals surface area contributed by atoms with Crippen molar-refractivity contribution in [2.24, 2.45) is 0 Å². The molecule has 0 amide bonds. The van der Waals surface area contributed by atoms with E-state index < -0.39 is 15.9 Å². The second kappa shape index (κ2) is 11.2. The van der Waals surface area contributed by atoms with Gasteiger partial charge in [0.05, 0.1) is 30.8 Å². The van der Waals surface area contributed by atoms with E-state index in [9.17, 15) is 13.2 Å². The normalized spacial score (nSPS) is 17.7. The number of aliphatic hydroxyl groups excluding tert-OH is 1. The van der Waals surface area contributed by atoms with Crippen LogP contribution in [0.5, 0.6) is 11.5 Å². The van der Waals surface area contributed by atoms with E-state index in [1.165, 1.54) is 13.2 Å². The van der Waals surface area contributed by atoms with Gasteiger partial charge in [-0.25, -0.2) is 12.8 Å². The number of methoxy groups -OCH3 is 1. The Morgan fingerprint density at radius 3 is 2.58 bits per heavy atom. The standard InChI is InChI=1S/C31H33FO7S/c1-18-13-22(40(35,36)12-4-11-33)14-19(2)30(18)24-7-9-26(32)31-25(24)8-10-27(31)39-21-5-6-23-20(15-29(34)37-3)17-38-28(23)16-21/h5-7,9,13-14,16,20,27,33H,4,8,10-12,15,17H2,1-3H3/t20?,27-/m1/s1. The topological polar surface area (TPSA) is 99.1 Å². The van der Waals surface area contributed by atoms with Crippen molar-refractivity contribution >= 4 is 15.8 Å². The minimum Gasteiger partial charge on any atom is -0.492 e. The molecule has 1 heterocycles. The largest absolute Gasteiger partial charge is 0.492 e. The number of rotatable bonds is 9. The molecule has 40 heavy (non-hydrogen) atoms. The molecule has 0 saturated heterocycles. The number of aryl methyl sites for hydroxylation is 2. The summed E-state index contributed by atoms with van der Waals surface area (Å²) in [4.78, 5) is 11.9. The van der Waals surface area contributed by atoms with E-state index in [-0.39, 0.29) is 47.8 Å². The van der Waals surface area contributed by atoms with Crippen molar-refractivity contribution in [2.75, 3.05) is 26.1 Å². The molecular weight excluding hydrogens is 535 g/mol. The molecule has 2 aliphatic rings. The average molecular weight is 569 g/mol. The van der Waals surface area contributed by atoms with Crippen molar-refractivity contribution in [3.05, 3.63) is 76.1 Å². The molecule has 2 atom stereocenters. The number of carbonyl (C=O) groups excluding carboxylic acids is 1. The first-order valence-corrected chi connectivity index (χ1v) is 15.0. The maximum Gasteiger partial charge on any atom is 0.306 e. The first-order chi connectivity index (χ1) is 19.1. The summed E-state index contributed by atoms with van der Waals surface area (Å²) in [5.41, 5.74) is 5.64. The van der Waals surface area contributed by atoms with Crippen LogP contribution in [-0.4, -0.2) is 45.6 Å². The number of benzene rings is 3. The maximum absolute atomic E-state index is 15.3. The molecule has 0 fully saturated rings. The quantitative estimate of drug-likeness (QED) is 0.347. The highest BCUT2D eigenvalue weighted by Crippen LogP contribution is 2.45. The monoisotopic (exact) mass is 568 g/mol. The van der Waals surface area contributed by atoms with Gasteiger partial charge in [0.2, 0.25) is 0 Å².